The van der Waals surface area contributed by atoms with Crippen molar-refractivity contribution in [2.45, 2.75) is 25.8 Å². The van der Waals surface area contributed by atoms with Gasteiger partial charge in [0.15, 0.2) is 5.69 Å². The molecule has 0 saturated carbocycles. The van der Waals surface area contributed by atoms with Crippen LogP contribution >= 0.6 is 0 Å². The van der Waals surface area contributed by atoms with Gasteiger partial charge in [0.1, 0.15) is 17.0 Å². The molecule has 0 atom stereocenters. The molecule has 1 fully saturated rings. The van der Waals surface area contributed by atoms with E-state index in [0.29, 0.717) is 22.7 Å². The minimum Gasteiger partial charge on any atom is -0.360 e. The number of benzene rings is 1. The molecule has 9 nitrogen and oxygen atoms in total. The summed E-state index contributed by atoms with van der Waals surface area (Å²) < 4.78 is 5.25. The zero-order valence-electron chi connectivity index (χ0n) is 16.0. The van der Waals surface area contributed by atoms with Gasteiger partial charge in [0.2, 0.25) is 0 Å². The number of piperidine rings is 1. The Morgan fingerprint density at radius 2 is 1.90 bits per heavy atom. The third kappa shape index (κ3) is 4.04. The Kier molecular flexibility index (Phi) is 5.39. The molecule has 1 aromatic carbocycles. The van der Waals surface area contributed by atoms with E-state index in [1.54, 1.807) is 6.92 Å². The van der Waals surface area contributed by atoms with Crippen LogP contribution in [0.1, 0.15) is 39.4 Å². The quantitative estimate of drug-likeness (QED) is 0.525. The third-order valence-electron chi connectivity index (χ3n) is 4.92. The second-order valence-electron chi connectivity index (χ2n) is 6.93. The van der Waals surface area contributed by atoms with Crippen molar-refractivity contribution >= 4 is 17.5 Å². The maximum Gasteiger partial charge on any atom is 0.274 e. The van der Waals surface area contributed by atoms with Crippen LogP contribution in [0.5, 0.6) is 0 Å². The molecule has 9 heteroatoms. The fourth-order valence-corrected chi connectivity index (χ4v) is 3.40. The summed E-state index contributed by atoms with van der Waals surface area (Å²) in [6, 6.07) is 9.40. The summed E-state index contributed by atoms with van der Waals surface area (Å²) in [7, 11) is 0. The van der Waals surface area contributed by atoms with Crippen LogP contribution < -0.4 is 16.0 Å². The Labute approximate surface area is 167 Å². The topological polar surface area (TPSA) is 125 Å². The molecule has 29 heavy (non-hydrogen) atoms. The molecule has 0 radical (unpaired) electrons. The van der Waals surface area contributed by atoms with Crippen molar-refractivity contribution < 1.29 is 14.1 Å². The van der Waals surface area contributed by atoms with E-state index in [2.05, 4.69) is 31.3 Å². The van der Waals surface area contributed by atoms with Gasteiger partial charge in [-0.2, -0.15) is 5.10 Å². The van der Waals surface area contributed by atoms with E-state index in [-0.39, 0.29) is 17.6 Å². The monoisotopic (exact) mass is 394 g/mol. The van der Waals surface area contributed by atoms with E-state index < -0.39 is 5.91 Å². The smallest absolute Gasteiger partial charge is 0.274 e. The molecular formula is C20H22N6O3. The van der Waals surface area contributed by atoms with Crippen LogP contribution in [0.4, 0.5) is 5.69 Å². The highest BCUT2D eigenvalue weighted by Gasteiger charge is 2.25. The molecule has 0 aliphatic carbocycles. The van der Waals surface area contributed by atoms with Crippen molar-refractivity contribution in [1.82, 2.24) is 26.0 Å². The van der Waals surface area contributed by atoms with Crippen molar-refractivity contribution in [1.29, 1.82) is 0 Å². The average Bonchev–Trinajstić information content (AvgIpc) is 3.36. The summed E-state index contributed by atoms with van der Waals surface area (Å²) in [6.07, 6.45) is 3.20. The van der Waals surface area contributed by atoms with Gasteiger partial charge in [0.25, 0.3) is 11.8 Å². The van der Waals surface area contributed by atoms with Crippen LogP contribution in [-0.2, 0) is 0 Å². The molecule has 1 saturated heterocycles. The maximum atomic E-state index is 13.0. The number of hydrogen-bond donors (Lipinski definition) is 4. The molecule has 0 unspecified atom stereocenters. The zero-order valence-corrected chi connectivity index (χ0v) is 16.0. The fraction of sp³-hybridized carbons (Fsp3) is 0.300. The van der Waals surface area contributed by atoms with Gasteiger partial charge in [-0.15, -0.1) is 0 Å². The number of nitrogens with zero attached hydrogens (tertiary/aromatic N) is 2. The van der Waals surface area contributed by atoms with Gasteiger partial charge in [-0.25, -0.2) is 0 Å². The van der Waals surface area contributed by atoms with Crippen LogP contribution in [0.3, 0.4) is 0 Å². The van der Waals surface area contributed by atoms with Gasteiger partial charge in [-0.05, 0) is 32.9 Å². The largest absolute Gasteiger partial charge is 0.360 e. The lowest BCUT2D eigenvalue weighted by molar-refractivity contribution is 0.0925. The van der Waals surface area contributed by atoms with Gasteiger partial charge in [0, 0.05) is 17.8 Å². The first kappa shape index (κ1) is 18.9. The molecule has 0 bridgehead atoms. The molecule has 150 valence electrons. The first-order valence-corrected chi connectivity index (χ1v) is 9.52. The summed E-state index contributed by atoms with van der Waals surface area (Å²) in [5.41, 5.74) is 1.99. The molecule has 0 spiro atoms. The molecule has 1 aliphatic rings. The van der Waals surface area contributed by atoms with E-state index >= 15 is 0 Å². The number of carbonyl (C=O) groups excluding carboxylic acids is 2. The second-order valence-corrected chi connectivity index (χ2v) is 6.93. The van der Waals surface area contributed by atoms with E-state index in [4.69, 9.17) is 4.52 Å². The van der Waals surface area contributed by atoms with Crippen LogP contribution in [-0.4, -0.2) is 46.3 Å². The Morgan fingerprint density at radius 3 is 2.66 bits per heavy atom. The Morgan fingerprint density at radius 1 is 1.14 bits per heavy atom. The van der Waals surface area contributed by atoms with Crippen molar-refractivity contribution in [3.63, 3.8) is 0 Å². The third-order valence-corrected chi connectivity index (χ3v) is 4.92. The van der Waals surface area contributed by atoms with Crippen LogP contribution in [0.15, 0.2) is 41.1 Å². The number of aryl methyl sites for hydroxylation is 1. The number of amides is 2. The molecular weight excluding hydrogens is 372 g/mol. The number of H-pyrrole nitrogens is 1. The van der Waals surface area contributed by atoms with Crippen molar-refractivity contribution in [2.24, 2.45) is 0 Å². The summed E-state index contributed by atoms with van der Waals surface area (Å²) in [5.74, 6) is -0.343. The lowest BCUT2D eigenvalue weighted by Gasteiger charge is -2.23. The van der Waals surface area contributed by atoms with E-state index in [9.17, 15) is 9.59 Å². The first-order chi connectivity index (χ1) is 14.1. The summed E-state index contributed by atoms with van der Waals surface area (Å²) in [6.45, 7) is 3.41. The first-order valence-electron chi connectivity index (χ1n) is 9.52. The minimum absolute atomic E-state index is 0.0917. The Balaban J connectivity index is 1.53. The highest BCUT2D eigenvalue weighted by Crippen LogP contribution is 2.26. The number of hydrogen-bond acceptors (Lipinski definition) is 6. The number of aromatic nitrogens is 3. The van der Waals surface area contributed by atoms with Crippen LogP contribution in [0.25, 0.3) is 11.3 Å². The Bertz CT molecular complexity index is 1000. The number of anilines is 1. The van der Waals surface area contributed by atoms with Gasteiger partial charge in [-0.1, -0.05) is 35.5 Å². The SMILES string of the molecule is Cc1onc(-c2ccccc2)c1C(=O)Nc1c[nH]nc1C(=O)NC1CCNCC1. The summed E-state index contributed by atoms with van der Waals surface area (Å²) in [5, 5.41) is 19.7. The number of aromatic amines is 1. The molecule has 4 N–H and O–H groups in total. The normalized spacial score (nSPS) is 14.5. The van der Waals surface area contributed by atoms with Crippen molar-refractivity contribution in [2.75, 3.05) is 18.4 Å². The van der Waals surface area contributed by atoms with Crippen molar-refractivity contribution in [3.05, 3.63) is 53.5 Å². The van der Waals surface area contributed by atoms with Crippen molar-refractivity contribution in [3.8, 4) is 11.3 Å². The molecule has 1 aliphatic heterocycles. The minimum atomic E-state index is -0.417. The van der Waals surface area contributed by atoms with Crippen LogP contribution in [0, 0.1) is 6.92 Å². The Hall–Kier alpha value is -3.46. The van der Waals surface area contributed by atoms with Crippen LogP contribution in [0.2, 0.25) is 0 Å². The van der Waals surface area contributed by atoms with Gasteiger partial charge in [0.05, 0.1) is 5.69 Å². The summed E-state index contributed by atoms with van der Waals surface area (Å²) >= 11 is 0. The molecule has 2 aromatic heterocycles. The van der Waals surface area contributed by atoms with E-state index in [0.717, 1.165) is 31.5 Å². The highest BCUT2D eigenvalue weighted by atomic mass is 16.5. The van der Waals surface area contributed by atoms with E-state index in [1.165, 1.54) is 6.20 Å². The standard InChI is InChI=1S/C20H22N6O3/c1-12-16(17(26-29-12)13-5-3-2-4-6-13)19(27)24-15-11-22-25-18(15)20(28)23-14-7-9-21-10-8-14/h2-6,11,14,21H,7-10H2,1H3,(H,22,25)(H,23,28)(H,24,27). The van der Waals surface area contributed by atoms with Gasteiger partial charge >= 0.3 is 0 Å². The predicted octanol–water partition coefficient (Wildman–Crippen LogP) is 2.11. The second kappa shape index (κ2) is 8.27. The number of nitrogens with one attached hydrogen (secondary N) is 4. The average molecular weight is 394 g/mol. The highest BCUT2D eigenvalue weighted by molar-refractivity contribution is 6.11. The van der Waals surface area contributed by atoms with E-state index in [1.807, 2.05) is 30.3 Å². The summed E-state index contributed by atoms with van der Waals surface area (Å²) in [4.78, 5) is 25.6. The molecule has 3 heterocycles. The molecule has 2 amide bonds. The van der Waals surface area contributed by atoms with Gasteiger partial charge in [-0.3, -0.25) is 14.7 Å². The maximum absolute atomic E-state index is 13.0. The number of rotatable bonds is 5. The zero-order chi connectivity index (χ0) is 20.2. The number of carbonyl (C=O) groups is 2. The fourth-order valence-electron chi connectivity index (χ4n) is 3.40. The lowest BCUT2D eigenvalue weighted by atomic mass is 10.1. The van der Waals surface area contributed by atoms with Gasteiger partial charge < -0.3 is 20.5 Å². The molecule has 3 aromatic rings. The lowest BCUT2D eigenvalue weighted by Crippen LogP contribution is -2.43. The molecule has 4 rings (SSSR count). The predicted molar refractivity (Wildman–Crippen MR) is 107 cm³/mol.